The van der Waals surface area contributed by atoms with E-state index in [-0.39, 0.29) is 5.91 Å². The van der Waals surface area contributed by atoms with Crippen LogP contribution in [0, 0.1) is 5.41 Å². The molecule has 1 aliphatic heterocycles. The van der Waals surface area contributed by atoms with Crippen molar-refractivity contribution >= 4 is 27.5 Å². The summed E-state index contributed by atoms with van der Waals surface area (Å²) in [4.78, 5) is 17.5. The highest BCUT2D eigenvalue weighted by Crippen LogP contribution is 2.48. The molecule has 1 spiro atoms. The average molecular weight is 287 g/mol. The van der Waals surface area contributed by atoms with E-state index < -0.39 is 0 Å². The Morgan fingerprint density at radius 2 is 2.30 bits per heavy atom. The smallest absolute Gasteiger partial charge is 0.258 e. The molecule has 20 heavy (non-hydrogen) atoms. The van der Waals surface area contributed by atoms with Gasteiger partial charge in [0.1, 0.15) is 4.83 Å². The molecule has 1 saturated heterocycles. The number of primary amides is 1. The highest BCUT2D eigenvalue weighted by Gasteiger charge is 2.44. The highest BCUT2D eigenvalue weighted by atomic mass is 32.1. The lowest BCUT2D eigenvalue weighted by atomic mass is 9.79. The second kappa shape index (κ2) is 4.27. The van der Waals surface area contributed by atoms with E-state index in [4.69, 9.17) is 10.7 Å². The zero-order chi connectivity index (χ0) is 13.7. The minimum absolute atomic E-state index is 0.366. The Morgan fingerprint density at radius 1 is 1.45 bits per heavy atom. The summed E-state index contributed by atoms with van der Waals surface area (Å²) < 4.78 is 0. The Balaban J connectivity index is 1.65. The molecule has 4 nitrogen and oxygen atoms in total. The molecular formula is C15H17N3OS. The van der Waals surface area contributed by atoms with E-state index in [1.165, 1.54) is 36.3 Å². The third-order valence-corrected chi connectivity index (χ3v) is 5.83. The second-order valence-corrected chi connectivity index (χ2v) is 7.18. The largest absolute Gasteiger partial charge is 0.365 e. The third-order valence-electron chi connectivity index (χ3n) is 4.77. The number of nitrogens with two attached hydrogens (primary N) is 1. The first-order chi connectivity index (χ1) is 9.65. The SMILES string of the molecule is NC(=O)c1cc2ccc(C3CCC4(CNC4)C3)nc2s1. The molecule has 0 bridgehead atoms. The zero-order valence-electron chi connectivity index (χ0n) is 11.2. The molecule has 2 aromatic heterocycles. The van der Waals surface area contributed by atoms with E-state index in [1.54, 1.807) is 0 Å². The number of aromatic nitrogens is 1. The van der Waals surface area contributed by atoms with Gasteiger partial charge in [-0.1, -0.05) is 6.07 Å². The fourth-order valence-corrected chi connectivity index (χ4v) is 4.43. The molecular weight excluding hydrogens is 270 g/mol. The Kier molecular flexibility index (Phi) is 2.62. The number of amides is 1. The van der Waals surface area contributed by atoms with Crippen LogP contribution < -0.4 is 11.1 Å². The monoisotopic (exact) mass is 287 g/mol. The minimum Gasteiger partial charge on any atom is -0.365 e. The Hall–Kier alpha value is -1.46. The quantitative estimate of drug-likeness (QED) is 0.890. The van der Waals surface area contributed by atoms with Gasteiger partial charge in [-0.15, -0.1) is 11.3 Å². The summed E-state index contributed by atoms with van der Waals surface area (Å²) in [5.41, 5.74) is 7.05. The first-order valence-corrected chi connectivity index (χ1v) is 7.88. The van der Waals surface area contributed by atoms with Crippen LogP contribution in [0.2, 0.25) is 0 Å². The van der Waals surface area contributed by atoms with Crippen LogP contribution in [0.25, 0.3) is 10.2 Å². The van der Waals surface area contributed by atoms with Crippen molar-refractivity contribution in [3.05, 3.63) is 28.8 Å². The molecule has 2 aromatic rings. The van der Waals surface area contributed by atoms with Crippen LogP contribution in [0.1, 0.15) is 40.5 Å². The van der Waals surface area contributed by atoms with Gasteiger partial charge in [-0.3, -0.25) is 4.79 Å². The molecule has 1 aliphatic carbocycles. The van der Waals surface area contributed by atoms with Crippen LogP contribution in [0.5, 0.6) is 0 Å². The maximum atomic E-state index is 11.2. The number of nitrogens with one attached hydrogen (secondary N) is 1. The van der Waals surface area contributed by atoms with Gasteiger partial charge in [0.25, 0.3) is 5.91 Å². The molecule has 0 radical (unpaired) electrons. The molecule has 1 amide bonds. The Bertz CT molecular complexity index is 689. The van der Waals surface area contributed by atoms with E-state index in [0.29, 0.717) is 16.2 Å². The Labute approximate surface area is 121 Å². The van der Waals surface area contributed by atoms with Gasteiger partial charge in [0.05, 0.1) is 4.88 Å². The normalized spacial score (nSPS) is 24.1. The van der Waals surface area contributed by atoms with Gasteiger partial charge in [-0.25, -0.2) is 4.98 Å². The van der Waals surface area contributed by atoms with Gasteiger partial charge >= 0.3 is 0 Å². The highest BCUT2D eigenvalue weighted by molar-refractivity contribution is 7.20. The number of hydrogen-bond donors (Lipinski definition) is 2. The maximum Gasteiger partial charge on any atom is 0.258 e. The average Bonchev–Trinajstić information content (AvgIpc) is 3.01. The van der Waals surface area contributed by atoms with Crippen molar-refractivity contribution < 1.29 is 4.79 Å². The summed E-state index contributed by atoms with van der Waals surface area (Å²) >= 11 is 1.40. The van der Waals surface area contributed by atoms with E-state index >= 15 is 0 Å². The predicted molar refractivity (Wildman–Crippen MR) is 80.0 cm³/mol. The number of carbonyl (C=O) groups excluding carboxylic acids is 1. The molecule has 104 valence electrons. The van der Waals surface area contributed by atoms with Gasteiger partial charge in [0.15, 0.2) is 0 Å². The van der Waals surface area contributed by atoms with Crippen molar-refractivity contribution in [3.8, 4) is 0 Å². The molecule has 5 heteroatoms. The van der Waals surface area contributed by atoms with Crippen LogP contribution in [-0.2, 0) is 0 Å². The lowest BCUT2D eigenvalue weighted by Gasteiger charge is -2.39. The minimum atomic E-state index is -0.366. The number of rotatable bonds is 2. The van der Waals surface area contributed by atoms with Crippen LogP contribution >= 0.6 is 11.3 Å². The molecule has 4 rings (SSSR count). The van der Waals surface area contributed by atoms with Crippen LogP contribution in [0.15, 0.2) is 18.2 Å². The topological polar surface area (TPSA) is 68.0 Å². The summed E-state index contributed by atoms with van der Waals surface area (Å²) in [6.45, 7) is 2.33. The summed E-state index contributed by atoms with van der Waals surface area (Å²) in [5.74, 6) is 0.204. The van der Waals surface area contributed by atoms with Crippen molar-refractivity contribution in [1.82, 2.24) is 10.3 Å². The fourth-order valence-electron chi connectivity index (χ4n) is 3.54. The van der Waals surface area contributed by atoms with Crippen molar-refractivity contribution in [2.75, 3.05) is 13.1 Å². The fraction of sp³-hybridized carbons (Fsp3) is 0.467. The van der Waals surface area contributed by atoms with Crippen molar-refractivity contribution in [2.24, 2.45) is 11.1 Å². The molecule has 0 aromatic carbocycles. The van der Waals surface area contributed by atoms with E-state index in [2.05, 4.69) is 17.4 Å². The number of fused-ring (bicyclic) bond motifs is 1. The molecule has 1 saturated carbocycles. The Morgan fingerprint density at radius 3 is 2.95 bits per heavy atom. The first kappa shape index (κ1) is 12.3. The van der Waals surface area contributed by atoms with Crippen molar-refractivity contribution in [2.45, 2.75) is 25.2 Å². The predicted octanol–water partition coefficient (Wildman–Crippen LogP) is 2.25. The summed E-state index contributed by atoms with van der Waals surface area (Å²) in [6, 6.07) is 6.03. The van der Waals surface area contributed by atoms with Gasteiger partial charge in [0, 0.05) is 30.1 Å². The van der Waals surface area contributed by atoms with Gasteiger partial charge in [-0.2, -0.15) is 0 Å². The van der Waals surface area contributed by atoms with Crippen molar-refractivity contribution in [1.29, 1.82) is 0 Å². The third kappa shape index (κ3) is 1.84. The van der Waals surface area contributed by atoms with E-state index in [1.807, 2.05) is 6.07 Å². The molecule has 1 atom stereocenters. The number of thiophene rings is 1. The summed E-state index contributed by atoms with van der Waals surface area (Å²) in [5, 5.41) is 4.41. The number of nitrogens with zero attached hydrogens (tertiary/aromatic N) is 1. The maximum absolute atomic E-state index is 11.2. The van der Waals surface area contributed by atoms with Crippen molar-refractivity contribution in [3.63, 3.8) is 0 Å². The van der Waals surface area contributed by atoms with Gasteiger partial charge in [0.2, 0.25) is 0 Å². The lowest BCUT2D eigenvalue weighted by Crippen LogP contribution is -2.51. The van der Waals surface area contributed by atoms with Gasteiger partial charge < -0.3 is 11.1 Å². The van der Waals surface area contributed by atoms with Crippen LogP contribution in [0.4, 0.5) is 0 Å². The molecule has 3 heterocycles. The van der Waals surface area contributed by atoms with Crippen LogP contribution in [0.3, 0.4) is 0 Å². The van der Waals surface area contributed by atoms with E-state index in [0.717, 1.165) is 23.3 Å². The summed E-state index contributed by atoms with van der Waals surface area (Å²) in [6.07, 6.45) is 3.78. The molecule has 2 fully saturated rings. The number of pyridine rings is 1. The number of carbonyl (C=O) groups is 1. The first-order valence-electron chi connectivity index (χ1n) is 7.06. The van der Waals surface area contributed by atoms with E-state index in [9.17, 15) is 4.79 Å². The molecule has 1 unspecified atom stereocenters. The van der Waals surface area contributed by atoms with Gasteiger partial charge in [-0.05, 0) is 36.8 Å². The molecule has 3 N–H and O–H groups in total. The standard InChI is InChI=1S/C15H17N3OS/c16-13(19)12-5-9-1-2-11(18-14(9)20-12)10-3-4-15(6-10)7-17-8-15/h1-2,5,10,17H,3-4,6-8H2,(H2,16,19). The lowest BCUT2D eigenvalue weighted by molar-refractivity contribution is 0.100. The van der Waals surface area contributed by atoms with Crippen LogP contribution in [-0.4, -0.2) is 24.0 Å². The summed E-state index contributed by atoms with van der Waals surface area (Å²) in [7, 11) is 0. The zero-order valence-corrected chi connectivity index (χ0v) is 12.0. The second-order valence-electron chi connectivity index (χ2n) is 6.15. The number of hydrogen-bond acceptors (Lipinski definition) is 4. The molecule has 2 aliphatic rings.